The van der Waals surface area contributed by atoms with Gasteiger partial charge in [-0.2, -0.15) is 0 Å². The topological polar surface area (TPSA) is 84.2 Å². The zero-order valence-corrected chi connectivity index (χ0v) is 19.6. The van der Waals surface area contributed by atoms with Crippen molar-refractivity contribution in [1.29, 1.82) is 0 Å². The Balaban J connectivity index is 1.94. The third-order valence-electron chi connectivity index (χ3n) is 5.86. The molecule has 1 unspecified atom stereocenters. The van der Waals surface area contributed by atoms with E-state index in [1.165, 1.54) is 0 Å². The normalized spacial score (nSPS) is 12.0. The van der Waals surface area contributed by atoms with Crippen LogP contribution in [0.25, 0.3) is 22.0 Å². The average Bonchev–Trinajstić information content (AvgIpc) is 2.78. The Bertz CT molecular complexity index is 1450. The summed E-state index contributed by atoms with van der Waals surface area (Å²) in [6.45, 7) is 5.90. The predicted octanol–water partition coefficient (Wildman–Crippen LogP) is 5.74. The van der Waals surface area contributed by atoms with E-state index in [-0.39, 0.29) is 22.4 Å². The molecule has 6 nitrogen and oxygen atoms in total. The number of pyridine rings is 2. The third kappa shape index (κ3) is 4.10. The molecule has 0 spiro atoms. The molecule has 0 bridgehead atoms. The highest BCUT2D eigenvalue weighted by Gasteiger charge is 2.21. The van der Waals surface area contributed by atoms with Gasteiger partial charge in [-0.3, -0.25) is 4.79 Å². The van der Waals surface area contributed by atoms with E-state index in [0.29, 0.717) is 11.1 Å². The molecule has 4 aromatic rings. The Morgan fingerprint density at radius 1 is 1.12 bits per heavy atom. The fourth-order valence-electron chi connectivity index (χ4n) is 4.43. The van der Waals surface area contributed by atoms with Crippen molar-refractivity contribution in [2.24, 2.45) is 7.05 Å². The Morgan fingerprint density at radius 2 is 1.82 bits per heavy atom. The number of benzene rings is 2. The molecule has 0 aliphatic rings. The van der Waals surface area contributed by atoms with Crippen molar-refractivity contribution in [3.8, 4) is 11.3 Å². The zero-order valence-electron chi connectivity index (χ0n) is 18.8. The molecule has 1 atom stereocenters. The molecule has 0 aliphatic heterocycles. The number of fused-ring (bicyclic) bond motifs is 1. The molecule has 2 aromatic heterocycles. The molecular formula is C26H24ClN3O3. The van der Waals surface area contributed by atoms with E-state index in [1.54, 1.807) is 23.7 Å². The molecule has 0 amide bonds. The molecule has 7 heteroatoms. The number of hydrogen-bond acceptors (Lipinski definition) is 4. The number of hydrogen-bond donors (Lipinski definition) is 2. The molecule has 2 N–H and O–H groups in total. The van der Waals surface area contributed by atoms with Gasteiger partial charge in [0.25, 0.3) is 5.56 Å². The van der Waals surface area contributed by atoms with E-state index in [4.69, 9.17) is 11.6 Å². The minimum absolute atomic E-state index is 0.0778. The van der Waals surface area contributed by atoms with E-state index >= 15 is 0 Å². The van der Waals surface area contributed by atoms with Gasteiger partial charge in [-0.05, 0) is 66.6 Å². The first-order valence-corrected chi connectivity index (χ1v) is 10.9. The highest BCUT2D eigenvalue weighted by molar-refractivity contribution is 6.29. The van der Waals surface area contributed by atoms with Crippen molar-refractivity contribution < 1.29 is 9.90 Å². The summed E-state index contributed by atoms with van der Waals surface area (Å²) in [5, 5.41) is 14.4. The summed E-state index contributed by atoms with van der Waals surface area (Å²) in [4.78, 5) is 29.0. The monoisotopic (exact) mass is 461 g/mol. The molecule has 0 aliphatic carbocycles. The molecule has 0 fully saturated rings. The molecule has 4 rings (SSSR count). The van der Waals surface area contributed by atoms with E-state index < -0.39 is 5.97 Å². The van der Waals surface area contributed by atoms with Crippen LogP contribution in [0.3, 0.4) is 0 Å². The molecule has 2 aromatic carbocycles. The van der Waals surface area contributed by atoms with Crippen LogP contribution >= 0.6 is 11.6 Å². The SMILES string of the molecule is Cc1cc(C(C)Nc2ccc(Cl)nc2C(=O)O)c2c(C)c(-c3ccccc3)n(C)c(=O)c2c1. The number of aryl methyl sites for hydroxylation is 2. The van der Waals surface area contributed by atoms with E-state index in [1.807, 2.05) is 63.2 Å². The Morgan fingerprint density at radius 3 is 2.48 bits per heavy atom. The molecule has 168 valence electrons. The van der Waals surface area contributed by atoms with Gasteiger partial charge in [0.1, 0.15) is 5.15 Å². The maximum atomic E-state index is 13.4. The number of nitrogens with one attached hydrogen (secondary N) is 1. The number of aromatic nitrogens is 2. The van der Waals surface area contributed by atoms with Gasteiger partial charge in [-0.1, -0.05) is 48.0 Å². The summed E-state index contributed by atoms with van der Waals surface area (Å²) >= 11 is 5.90. The van der Waals surface area contributed by atoms with E-state index in [2.05, 4.69) is 10.3 Å². The van der Waals surface area contributed by atoms with Gasteiger partial charge >= 0.3 is 5.97 Å². The van der Waals surface area contributed by atoms with Gasteiger partial charge < -0.3 is 15.0 Å². The van der Waals surface area contributed by atoms with Crippen LogP contribution in [0.1, 0.15) is 40.1 Å². The van der Waals surface area contributed by atoms with Gasteiger partial charge in [0.15, 0.2) is 5.69 Å². The molecule has 0 radical (unpaired) electrons. The smallest absolute Gasteiger partial charge is 0.356 e. The van der Waals surface area contributed by atoms with Gasteiger partial charge in [0, 0.05) is 18.5 Å². The van der Waals surface area contributed by atoms with Crippen LogP contribution in [0.5, 0.6) is 0 Å². The Hall–Kier alpha value is -3.64. The number of carboxylic acid groups (broad SMARTS) is 1. The fraction of sp³-hybridized carbons (Fsp3) is 0.192. The molecule has 33 heavy (non-hydrogen) atoms. The molecule has 0 saturated heterocycles. The van der Waals surface area contributed by atoms with Crippen molar-refractivity contribution in [2.75, 3.05) is 5.32 Å². The van der Waals surface area contributed by atoms with Gasteiger partial charge in [-0.25, -0.2) is 9.78 Å². The van der Waals surface area contributed by atoms with Crippen LogP contribution in [0.15, 0.2) is 59.4 Å². The number of nitrogens with zero attached hydrogens (tertiary/aromatic N) is 2. The van der Waals surface area contributed by atoms with Crippen molar-refractivity contribution >= 4 is 34.0 Å². The number of halogens is 1. The summed E-state index contributed by atoms with van der Waals surface area (Å²) in [6, 6.07) is 16.6. The lowest BCUT2D eigenvalue weighted by molar-refractivity contribution is 0.0691. The number of anilines is 1. The number of aromatic carboxylic acids is 1. The van der Waals surface area contributed by atoms with Crippen molar-refractivity contribution in [3.63, 3.8) is 0 Å². The first kappa shape index (κ1) is 22.6. The van der Waals surface area contributed by atoms with Crippen LogP contribution in [0.2, 0.25) is 5.15 Å². The van der Waals surface area contributed by atoms with Crippen LogP contribution < -0.4 is 10.9 Å². The maximum absolute atomic E-state index is 13.4. The van der Waals surface area contributed by atoms with Gasteiger partial charge in [0.2, 0.25) is 0 Å². The largest absolute Gasteiger partial charge is 0.476 e. The Kier molecular flexibility index (Phi) is 5.95. The second-order valence-corrected chi connectivity index (χ2v) is 8.57. The van der Waals surface area contributed by atoms with Crippen LogP contribution in [0, 0.1) is 13.8 Å². The van der Waals surface area contributed by atoms with Crippen molar-refractivity contribution in [2.45, 2.75) is 26.8 Å². The predicted molar refractivity (Wildman–Crippen MR) is 132 cm³/mol. The average molecular weight is 462 g/mol. The Labute approximate surface area is 196 Å². The lowest BCUT2D eigenvalue weighted by Crippen LogP contribution is -2.22. The van der Waals surface area contributed by atoms with Crippen molar-refractivity contribution in [3.05, 3.63) is 92.5 Å². The molecule has 0 saturated carbocycles. The first-order chi connectivity index (χ1) is 15.7. The quantitative estimate of drug-likeness (QED) is 0.370. The number of rotatable bonds is 5. The van der Waals surface area contributed by atoms with Gasteiger partial charge in [0.05, 0.1) is 11.4 Å². The first-order valence-electron chi connectivity index (χ1n) is 10.5. The molecular weight excluding hydrogens is 438 g/mol. The summed E-state index contributed by atoms with van der Waals surface area (Å²) in [7, 11) is 1.79. The van der Waals surface area contributed by atoms with Gasteiger partial charge in [-0.15, -0.1) is 0 Å². The minimum atomic E-state index is -1.17. The second-order valence-electron chi connectivity index (χ2n) is 8.18. The lowest BCUT2D eigenvalue weighted by Gasteiger charge is -2.23. The van der Waals surface area contributed by atoms with E-state index in [9.17, 15) is 14.7 Å². The standard InChI is InChI=1S/C26H24ClN3O3/c1-14-12-18(16(3)28-20-10-11-21(27)29-23(20)26(32)33)22-15(2)24(17-8-6-5-7-9-17)30(4)25(31)19(22)13-14/h5-13,16,28H,1-4H3,(H,32,33). The minimum Gasteiger partial charge on any atom is -0.476 e. The zero-order chi connectivity index (χ0) is 23.9. The number of carboxylic acids is 1. The van der Waals surface area contributed by atoms with Crippen LogP contribution in [-0.4, -0.2) is 20.6 Å². The number of carbonyl (C=O) groups is 1. The summed E-state index contributed by atoms with van der Waals surface area (Å²) in [6.07, 6.45) is 0. The third-order valence-corrected chi connectivity index (χ3v) is 6.07. The highest BCUT2D eigenvalue weighted by atomic mass is 35.5. The van der Waals surface area contributed by atoms with E-state index in [0.717, 1.165) is 33.3 Å². The highest BCUT2D eigenvalue weighted by Crippen LogP contribution is 2.34. The second kappa shape index (κ2) is 8.71. The summed E-state index contributed by atoms with van der Waals surface area (Å²) in [5.74, 6) is -1.17. The van der Waals surface area contributed by atoms with Crippen LogP contribution in [0.4, 0.5) is 5.69 Å². The maximum Gasteiger partial charge on any atom is 0.356 e. The van der Waals surface area contributed by atoms with Crippen molar-refractivity contribution in [1.82, 2.24) is 9.55 Å². The fourth-order valence-corrected chi connectivity index (χ4v) is 4.57. The summed E-state index contributed by atoms with van der Waals surface area (Å²) in [5.41, 5.74) is 4.78. The lowest BCUT2D eigenvalue weighted by atomic mass is 9.92. The summed E-state index contributed by atoms with van der Waals surface area (Å²) < 4.78 is 1.69. The van der Waals surface area contributed by atoms with Crippen LogP contribution in [-0.2, 0) is 7.05 Å². The molecule has 2 heterocycles.